The third-order valence-corrected chi connectivity index (χ3v) is 12.3. The lowest BCUT2D eigenvalue weighted by Crippen LogP contribution is -2.48. The van der Waals surface area contributed by atoms with Crippen LogP contribution in [0.1, 0.15) is 37.9 Å². The molecule has 2 aliphatic rings. The molecule has 0 spiro atoms. The number of halogens is 4. The number of aromatic nitrogens is 4. The van der Waals surface area contributed by atoms with Gasteiger partial charge in [0.2, 0.25) is 0 Å². The van der Waals surface area contributed by atoms with Crippen LogP contribution in [-0.4, -0.2) is 104 Å². The number of imidazole rings is 2. The molecule has 2 fully saturated rings. The number of aromatic amines is 2. The molecule has 350 valence electrons. The standard InChI is InChI=1S/C28H26F2N4O.C27H24F2N4O/c1-19-5-2-8-22(15-19)28(35)34-13-11-33(12-14-34)18-25-31-26(20-6-3-9-23(29)16-20)27(32-25)21-7-4-10-24(30)17-21;28-22-10-4-8-20(16-22)25-26(21-9-5-11-23(29)17-21)31-24(30-25)18-32-12-14-33(15-13-32)27(34)19-6-2-1-3-7-19/h2-10,15-17H,11-14,18H2,1H3,(H,31,32);1-11,16-17H,12-15,18H2,(H,30,31). The van der Waals surface area contributed by atoms with E-state index in [2.05, 4.69) is 19.8 Å². The predicted octanol–water partition coefficient (Wildman–Crippen LogP) is 10.3. The molecule has 0 atom stereocenters. The maximum absolute atomic E-state index is 13.9. The number of H-pyrrole nitrogens is 2. The Kier molecular flexibility index (Phi) is 14.2. The van der Waals surface area contributed by atoms with Gasteiger partial charge >= 0.3 is 0 Å². The lowest BCUT2D eigenvalue weighted by atomic mass is 10.0. The first-order valence-corrected chi connectivity index (χ1v) is 22.9. The van der Waals surface area contributed by atoms with Crippen molar-refractivity contribution in [2.75, 3.05) is 52.4 Å². The van der Waals surface area contributed by atoms with Crippen LogP contribution in [-0.2, 0) is 13.1 Å². The molecular formula is C55H50F4N8O2. The fraction of sp³-hybridized carbons (Fsp3) is 0.200. The van der Waals surface area contributed by atoms with Gasteiger partial charge in [-0.2, -0.15) is 0 Å². The average molecular weight is 931 g/mol. The van der Waals surface area contributed by atoms with Gasteiger partial charge in [0.05, 0.1) is 35.9 Å². The van der Waals surface area contributed by atoms with Crippen molar-refractivity contribution in [3.05, 3.63) is 203 Å². The topological polar surface area (TPSA) is 104 Å². The van der Waals surface area contributed by atoms with Gasteiger partial charge in [0.15, 0.2) is 0 Å². The minimum absolute atomic E-state index is 0.0417. The van der Waals surface area contributed by atoms with Gasteiger partial charge in [-0.1, -0.05) is 84.4 Å². The van der Waals surface area contributed by atoms with Gasteiger partial charge in [0.1, 0.15) is 34.9 Å². The minimum Gasteiger partial charge on any atom is -0.340 e. The summed E-state index contributed by atoms with van der Waals surface area (Å²) in [7, 11) is 0. The normalized spacial score (nSPS) is 14.3. The van der Waals surface area contributed by atoms with E-state index >= 15 is 0 Å². The van der Waals surface area contributed by atoms with Gasteiger partial charge in [-0.25, -0.2) is 27.5 Å². The molecule has 2 saturated heterocycles. The Balaban J connectivity index is 0.000000172. The molecule has 6 aromatic carbocycles. The summed E-state index contributed by atoms with van der Waals surface area (Å²) in [5.41, 5.74) is 7.49. The molecule has 0 bridgehead atoms. The fourth-order valence-electron chi connectivity index (χ4n) is 8.76. The van der Waals surface area contributed by atoms with Crippen LogP contribution >= 0.6 is 0 Å². The zero-order valence-corrected chi connectivity index (χ0v) is 38.0. The Labute approximate surface area is 397 Å². The molecule has 2 aromatic heterocycles. The number of carbonyl (C=O) groups is 2. The molecular weight excluding hydrogens is 881 g/mol. The van der Waals surface area contributed by atoms with E-state index in [4.69, 9.17) is 9.97 Å². The van der Waals surface area contributed by atoms with Crippen LogP contribution < -0.4 is 0 Å². The zero-order chi connectivity index (χ0) is 47.9. The molecule has 0 saturated carbocycles. The van der Waals surface area contributed by atoms with Crippen molar-refractivity contribution in [3.63, 3.8) is 0 Å². The second-order valence-corrected chi connectivity index (χ2v) is 17.2. The summed E-state index contributed by atoms with van der Waals surface area (Å²) in [6, 6.07) is 42.0. The number of nitrogens with zero attached hydrogens (tertiary/aromatic N) is 6. The predicted molar refractivity (Wildman–Crippen MR) is 259 cm³/mol. The monoisotopic (exact) mass is 930 g/mol. The molecule has 0 radical (unpaired) electrons. The molecule has 0 aliphatic carbocycles. The van der Waals surface area contributed by atoms with Gasteiger partial charge in [-0.05, 0) is 79.7 Å². The number of nitrogens with one attached hydrogen (secondary N) is 2. The molecule has 0 unspecified atom stereocenters. The molecule has 8 aromatic rings. The second-order valence-electron chi connectivity index (χ2n) is 17.2. The summed E-state index contributed by atoms with van der Waals surface area (Å²) in [5, 5.41) is 0. The lowest BCUT2D eigenvalue weighted by Gasteiger charge is -2.34. The summed E-state index contributed by atoms with van der Waals surface area (Å²) in [5.74, 6) is 0.103. The van der Waals surface area contributed by atoms with Crippen molar-refractivity contribution >= 4 is 11.8 Å². The third-order valence-electron chi connectivity index (χ3n) is 12.3. The molecule has 10 nitrogen and oxygen atoms in total. The fourth-order valence-corrected chi connectivity index (χ4v) is 8.76. The Bertz CT molecular complexity index is 2940. The zero-order valence-electron chi connectivity index (χ0n) is 38.0. The number of benzene rings is 6. The molecule has 10 rings (SSSR count). The van der Waals surface area contributed by atoms with Gasteiger partial charge in [0.25, 0.3) is 11.8 Å². The number of hydrogen-bond acceptors (Lipinski definition) is 6. The van der Waals surface area contributed by atoms with Crippen molar-refractivity contribution in [1.82, 2.24) is 39.5 Å². The van der Waals surface area contributed by atoms with Gasteiger partial charge in [0, 0.05) is 85.7 Å². The van der Waals surface area contributed by atoms with Crippen LogP contribution in [0, 0.1) is 30.2 Å². The van der Waals surface area contributed by atoms with Crippen LogP contribution in [0.2, 0.25) is 0 Å². The molecule has 14 heteroatoms. The molecule has 2 amide bonds. The number of aryl methyl sites for hydroxylation is 1. The van der Waals surface area contributed by atoms with E-state index in [0.29, 0.717) is 133 Å². The lowest BCUT2D eigenvalue weighted by molar-refractivity contribution is 0.0619. The van der Waals surface area contributed by atoms with Crippen molar-refractivity contribution in [2.45, 2.75) is 20.0 Å². The van der Waals surface area contributed by atoms with Crippen molar-refractivity contribution < 1.29 is 27.2 Å². The van der Waals surface area contributed by atoms with E-state index < -0.39 is 0 Å². The first kappa shape index (κ1) is 46.4. The summed E-state index contributed by atoms with van der Waals surface area (Å²) >= 11 is 0. The molecule has 69 heavy (non-hydrogen) atoms. The largest absolute Gasteiger partial charge is 0.340 e. The highest BCUT2D eigenvalue weighted by atomic mass is 19.1. The quantitative estimate of drug-likeness (QED) is 0.132. The molecule has 4 heterocycles. The maximum atomic E-state index is 13.9. The highest BCUT2D eigenvalue weighted by Crippen LogP contribution is 2.33. The van der Waals surface area contributed by atoms with Crippen LogP contribution in [0.4, 0.5) is 17.6 Å². The summed E-state index contributed by atoms with van der Waals surface area (Å²) in [6.45, 7) is 8.43. The number of carbonyl (C=O) groups excluding carboxylic acids is 2. The van der Waals surface area contributed by atoms with E-state index in [0.717, 1.165) is 5.56 Å². The van der Waals surface area contributed by atoms with Crippen LogP contribution in [0.5, 0.6) is 0 Å². The van der Waals surface area contributed by atoms with Crippen LogP contribution in [0.3, 0.4) is 0 Å². The first-order chi connectivity index (χ1) is 33.5. The number of amides is 2. The number of rotatable bonds is 10. The summed E-state index contributed by atoms with van der Waals surface area (Å²) in [6.07, 6.45) is 0. The smallest absolute Gasteiger partial charge is 0.253 e. The van der Waals surface area contributed by atoms with Crippen LogP contribution in [0.15, 0.2) is 152 Å². The molecule has 2 aliphatic heterocycles. The first-order valence-electron chi connectivity index (χ1n) is 22.9. The Morgan fingerprint density at radius 1 is 0.449 bits per heavy atom. The van der Waals surface area contributed by atoms with Gasteiger partial charge < -0.3 is 19.8 Å². The van der Waals surface area contributed by atoms with Crippen molar-refractivity contribution in [3.8, 4) is 45.0 Å². The van der Waals surface area contributed by atoms with E-state index in [9.17, 15) is 27.2 Å². The average Bonchev–Trinajstić information content (AvgIpc) is 3.99. The Hall–Kier alpha value is -7.68. The third kappa shape index (κ3) is 11.4. The highest BCUT2D eigenvalue weighted by Gasteiger charge is 2.26. The van der Waals surface area contributed by atoms with Crippen molar-refractivity contribution in [2.24, 2.45) is 0 Å². The highest BCUT2D eigenvalue weighted by molar-refractivity contribution is 5.95. The second kappa shape index (κ2) is 21.1. The summed E-state index contributed by atoms with van der Waals surface area (Å²) < 4.78 is 55.7. The van der Waals surface area contributed by atoms with E-state index in [1.54, 1.807) is 48.5 Å². The van der Waals surface area contributed by atoms with E-state index in [1.165, 1.54) is 48.5 Å². The SMILES string of the molecule is Cc1cccc(C(=O)N2CCN(Cc3nc(-c4cccc(F)c4)c(-c4cccc(F)c4)[nH]3)CC2)c1.O=C(c1ccccc1)N1CCN(Cc2nc(-c3cccc(F)c3)c(-c3cccc(F)c3)[nH]2)CC1. The maximum Gasteiger partial charge on any atom is 0.253 e. The van der Waals surface area contributed by atoms with Crippen molar-refractivity contribution in [1.29, 1.82) is 0 Å². The summed E-state index contributed by atoms with van der Waals surface area (Å²) in [4.78, 5) is 49.9. The van der Waals surface area contributed by atoms with E-state index in [1.807, 2.05) is 71.3 Å². The van der Waals surface area contributed by atoms with Gasteiger partial charge in [-0.3, -0.25) is 19.4 Å². The Morgan fingerprint density at radius 3 is 1.25 bits per heavy atom. The number of piperazine rings is 2. The number of hydrogen-bond donors (Lipinski definition) is 2. The van der Waals surface area contributed by atoms with Crippen LogP contribution in [0.25, 0.3) is 45.0 Å². The Morgan fingerprint density at radius 2 is 0.826 bits per heavy atom. The van der Waals surface area contributed by atoms with Gasteiger partial charge in [-0.15, -0.1) is 0 Å². The minimum atomic E-state index is -0.355. The van der Waals surface area contributed by atoms with E-state index in [-0.39, 0.29) is 35.1 Å². The molecule has 2 N–H and O–H groups in total.